The first-order valence-corrected chi connectivity index (χ1v) is 7.75. The molecule has 3 fully saturated rings. The van der Waals surface area contributed by atoms with E-state index in [9.17, 15) is 14.7 Å². The molecule has 3 rings (SSSR count). The molecule has 2 aliphatic carbocycles. The fraction of sp³-hybridized carbons (Fsp3) is 0.867. The monoisotopic (exact) mass is 280 g/mol. The van der Waals surface area contributed by atoms with Crippen LogP contribution in [0.1, 0.15) is 44.9 Å². The van der Waals surface area contributed by atoms with Gasteiger partial charge in [0.15, 0.2) is 0 Å². The number of likely N-dealkylation sites (N-methyl/N-ethyl adjacent to an activating group) is 1. The van der Waals surface area contributed by atoms with E-state index < -0.39 is 5.60 Å². The van der Waals surface area contributed by atoms with Crippen molar-refractivity contribution in [3.63, 3.8) is 0 Å². The number of hydrogen-bond donors (Lipinski definition) is 1. The molecule has 0 spiro atoms. The molecule has 0 bridgehead atoms. The molecule has 1 heterocycles. The summed E-state index contributed by atoms with van der Waals surface area (Å²) >= 11 is 0. The Labute approximate surface area is 119 Å². The van der Waals surface area contributed by atoms with Gasteiger partial charge in [0.2, 0.25) is 11.8 Å². The minimum atomic E-state index is -0.705. The van der Waals surface area contributed by atoms with Gasteiger partial charge in [0.05, 0.1) is 11.5 Å². The minimum absolute atomic E-state index is 0.0156. The lowest BCUT2D eigenvalue weighted by atomic mass is 10.0. The third kappa shape index (κ3) is 2.68. The molecule has 112 valence electrons. The normalized spacial score (nSPS) is 29.0. The Morgan fingerprint density at radius 1 is 1.40 bits per heavy atom. The predicted molar refractivity (Wildman–Crippen MR) is 73.9 cm³/mol. The summed E-state index contributed by atoms with van der Waals surface area (Å²) in [5.74, 6) is -0.0706. The summed E-state index contributed by atoms with van der Waals surface area (Å²) in [7, 11) is 1.75. The number of hydrogen-bond acceptors (Lipinski definition) is 3. The summed E-state index contributed by atoms with van der Waals surface area (Å²) in [6.45, 7) is 0.977. The van der Waals surface area contributed by atoms with Crippen LogP contribution in [0.3, 0.4) is 0 Å². The SMILES string of the molecule is CN(CC1(O)CCCC1)C(=O)C1CC(=O)N(C2CC2)C1. The molecule has 0 radical (unpaired) electrons. The zero-order valence-corrected chi connectivity index (χ0v) is 12.2. The van der Waals surface area contributed by atoms with Crippen molar-refractivity contribution in [1.82, 2.24) is 9.80 Å². The van der Waals surface area contributed by atoms with Crippen LogP contribution in [0.2, 0.25) is 0 Å². The van der Waals surface area contributed by atoms with Crippen LogP contribution in [0.5, 0.6) is 0 Å². The fourth-order valence-corrected chi connectivity index (χ4v) is 3.66. The number of likely N-dealkylation sites (tertiary alicyclic amines) is 1. The zero-order valence-electron chi connectivity index (χ0n) is 12.2. The summed E-state index contributed by atoms with van der Waals surface area (Å²) in [6, 6.07) is 0.393. The van der Waals surface area contributed by atoms with E-state index in [0.29, 0.717) is 25.6 Å². The topological polar surface area (TPSA) is 60.9 Å². The van der Waals surface area contributed by atoms with E-state index in [1.165, 1.54) is 0 Å². The summed E-state index contributed by atoms with van der Waals surface area (Å²) in [5, 5.41) is 10.4. The third-order valence-corrected chi connectivity index (χ3v) is 4.94. The van der Waals surface area contributed by atoms with E-state index >= 15 is 0 Å². The van der Waals surface area contributed by atoms with Gasteiger partial charge < -0.3 is 14.9 Å². The molecule has 0 aromatic heterocycles. The van der Waals surface area contributed by atoms with Gasteiger partial charge in [0.1, 0.15) is 0 Å². The molecule has 0 aromatic carbocycles. The van der Waals surface area contributed by atoms with Crippen LogP contribution in [0.4, 0.5) is 0 Å². The Kier molecular flexibility index (Phi) is 3.48. The Morgan fingerprint density at radius 3 is 2.65 bits per heavy atom. The molecule has 5 heteroatoms. The van der Waals surface area contributed by atoms with Crippen LogP contribution in [0.15, 0.2) is 0 Å². The number of carbonyl (C=O) groups excluding carboxylic acids is 2. The van der Waals surface area contributed by atoms with Gasteiger partial charge in [-0.3, -0.25) is 9.59 Å². The second-order valence-corrected chi connectivity index (χ2v) is 6.80. The fourth-order valence-electron chi connectivity index (χ4n) is 3.66. The summed E-state index contributed by atoms with van der Waals surface area (Å²) < 4.78 is 0. The first-order valence-electron chi connectivity index (χ1n) is 7.75. The van der Waals surface area contributed by atoms with Crippen LogP contribution in [0.25, 0.3) is 0 Å². The molecular formula is C15H24N2O3. The lowest BCUT2D eigenvalue weighted by molar-refractivity contribution is -0.137. The van der Waals surface area contributed by atoms with Gasteiger partial charge in [-0.15, -0.1) is 0 Å². The third-order valence-electron chi connectivity index (χ3n) is 4.94. The van der Waals surface area contributed by atoms with Crippen LogP contribution in [-0.4, -0.2) is 58.5 Å². The Bertz CT molecular complexity index is 413. The van der Waals surface area contributed by atoms with Gasteiger partial charge in [-0.05, 0) is 25.7 Å². The summed E-state index contributed by atoms with van der Waals surface area (Å²) in [4.78, 5) is 27.9. The van der Waals surface area contributed by atoms with Gasteiger partial charge in [-0.1, -0.05) is 12.8 Å². The summed E-state index contributed by atoms with van der Waals surface area (Å²) in [6.07, 6.45) is 6.15. The quantitative estimate of drug-likeness (QED) is 0.827. The Balaban J connectivity index is 1.56. The average molecular weight is 280 g/mol. The highest BCUT2D eigenvalue weighted by Crippen LogP contribution is 2.34. The Hall–Kier alpha value is -1.10. The molecule has 20 heavy (non-hydrogen) atoms. The molecule has 3 aliphatic rings. The van der Waals surface area contributed by atoms with E-state index in [0.717, 1.165) is 38.5 Å². The van der Waals surface area contributed by atoms with Crippen molar-refractivity contribution in [2.45, 2.75) is 56.6 Å². The van der Waals surface area contributed by atoms with E-state index in [1.54, 1.807) is 11.9 Å². The predicted octanol–water partition coefficient (Wildman–Crippen LogP) is 0.761. The molecule has 1 saturated heterocycles. The lowest BCUT2D eigenvalue weighted by Crippen LogP contribution is -2.44. The van der Waals surface area contributed by atoms with E-state index in [4.69, 9.17) is 0 Å². The van der Waals surface area contributed by atoms with E-state index in [-0.39, 0.29) is 17.7 Å². The number of aliphatic hydroxyl groups is 1. The van der Waals surface area contributed by atoms with E-state index in [2.05, 4.69) is 0 Å². The number of carbonyl (C=O) groups is 2. The number of amides is 2. The van der Waals surface area contributed by atoms with Crippen LogP contribution < -0.4 is 0 Å². The van der Waals surface area contributed by atoms with Crippen molar-refractivity contribution in [2.75, 3.05) is 20.1 Å². The molecule has 5 nitrogen and oxygen atoms in total. The standard InChI is InChI=1S/C15H24N2O3/c1-16(10-15(20)6-2-3-7-15)14(19)11-8-13(18)17(9-11)12-4-5-12/h11-12,20H,2-10H2,1H3. The second-order valence-electron chi connectivity index (χ2n) is 6.80. The van der Waals surface area contributed by atoms with Crippen molar-refractivity contribution in [3.8, 4) is 0 Å². The number of nitrogens with zero attached hydrogens (tertiary/aromatic N) is 2. The molecule has 2 amide bonds. The zero-order chi connectivity index (χ0) is 14.3. The van der Waals surface area contributed by atoms with Crippen LogP contribution >= 0.6 is 0 Å². The maximum absolute atomic E-state index is 12.4. The van der Waals surface area contributed by atoms with Gasteiger partial charge in [0.25, 0.3) is 0 Å². The highest BCUT2D eigenvalue weighted by Gasteiger charge is 2.43. The highest BCUT2D eigenvalue weighted by atomic mass is 16.3. The summed E-state index contributed by atoms with van der Waals surface area (Å²) in [5.41, 5.74) is -0.705. The molecule has 1 aliphatic heterocycles. The van der Waals surface area contributed by atoms with E-state index in [1.807, 2.05) is 4.90 Å². The maximum Gasteiger partial charge on any atom is 0.227 e. The van der Waals surface area contributed by atoms with Crippen molar-refractivity contribution >= 4 is 11.8 Å². The molecule has 1 atom stereocenters. The molecule has 2 saturated carbocycles. The highest BCUT2D eigenvalue weighted by molar-refractivity contribution is 5.89. The van der Waals surface area contributed by atoms with Gasteiger partial charge >= 0.3 is 0 Å². The molecule has 1 unspecified atom stereocenters. The van der Waals surface area contributed by atoms with Gasteiger partial charge in [0, 0.05) is 32.6 Å². The van der Waals surface area contributed by atoms with Crippen molar-refractivity contribution < 1.29 is 14.7 Å². The first kappa shape index (κ1) is 13.9. The largest absolute Gasteiger partial charge is 0.388 e. The average Bonchev–Trinajstić information content (AvgIpc) is 3.05. The molecular weight excluding hydrogens is 256 g/mol. The van der Waals surface area contributed by atoms with Gasteiger partial charge in [-0.2, -0.15) is 0 Å². The second kappa shape index (κ2) is 5.02. The van der Waals surface area contributed by atoms with Crippen molar-refractivity contribution in [2.24, 2.45) is 5.92 Å². The smallest absolute Gasteiger partial charge is 0.227 e. The minimum Gasteiger partial charge on any atom is -0.388 e. The number of rotatable bonds is 4. The maximum atomic E-state index is 12.4. The lowest BCUT2D eigenvalue weighted by Gasteiger charge is -2.30. The Morgan fingerprint density at radius 2 is 2.05 bits per heavy atom. The first-order chi connectivity index (χ1) is 9.48. The van der Waals surface area contributed by atoms with Crippen LogP contribution in [-0.2, 0) is 9.59 Å². The van der Waals surface area contributed by atoms with Crippen molar-refractivity contribution in [3.05, 3.63) is 0 Å². The van der Waals surface area contributed by atoms with Crippen molar-refractivity contribution in [1.29, 1.82) is 0 Å². The molecule has 0 aromatic rings. The van der Waals surface area contributed by atoms with Gasteiger partial charge in [-0.25, -0.2) is 0 Å². The molecule has 1 N–H and O–H groups in total. The van der Waals surface area contributed by atoms with Crippen LogP contribution in [0, 0.1) is 5.92 Å².